The number of halogens is 3. The molecular weight excluding hydrogens is 307 g/mol. The maximum Gasteiger partial charge on any atom is 0.165 e. The molecule has 0 fully saturated rings. The molecule has 0 aliphatic carbocycles. The smallest absolute Gasteiger partial charge is 0.165 e. The average molecular weight is 314 g/mol. The van der Waals surface area contributed by atoms with Crippen LogP contribution in [0.25, 0.3) is 5.65 Å². The lowest BCUT2D eigenvalue weighted by Gasteiger charge is -2.02. The van der Waals surface area contributed by atoms with Gasteiger partial charge in [0.25, 0.3) is 0 Å². The summed E-state index contributed by atoms with van der Waals surface area (Å²) in [6.45, 7) is 0. The van der Waals surface area contributed by atoms with Gasteiger partial charge >= 0.3 is 0 Å². The van der Waals surface area contributed by atoms with Gasteiger partial charge in [0.1, 0.15) is 17.3 Å². The molecule has 19 heavy (non-hydrogen) atoms. The van der Waals surface area contributed by atoms with Gasteiger partial charge in [0.05, 0.1) is 10.0 Å². The summed E-state index contributed by atoms with van der Waals surface area (Å²) in [5, 5.41) is 9.61. The molecule has 0 unspecified atom stereocenters. The zero-order chi connectivity index (χ0) is 13.4. The molecule has 0 spiro atoms. The fourth-order valence-corrected chi connectivity index (χ4v) is 2.23. The van der Waals surface area contributed by atoms with Gasteiger partial charge in [-0.1, -0.05) is 40.9 Å². The third kappa shape index (κ3) is 2.52. The molecule has 1 aromatic carbocycles. The first-order valence-corrected chi connectivity index (χ1v) is 6.56. The molecule has 3 aromatic rings. The second-order valence-electron chi connectivity index (χ2n) is 3.98. The van der Waals surface area contributed by atoms with E-state index < -0.39 is 0 Å². The summed E-state index contributed by atoms with van der Waals surface area (Å²) in [4.78, 5) is 4.01. The maximum absolute atomic E-state index is 5.99. The van der Waals surface area contributed by atoms with Crippen LogP contribution in [-0.2, 0) is 6.42 Å². The number of rotatable bonds is 2. The van der Waals surface area contributed by atoms with E-state index in [4.69, 9.17) is 34.8 Å². The summed E-state index contributed by atoms with van der Waals surface area (Å²) < 4.78 is 1.79. The molecule has 0 aliphatic rings. The predicted molar refractivity (Wildman–Crippen MR) is 75.1 cm³/mol. The Balaban J connectivity index is 1.98. The summed E-state index contributed by atoms with van der Waals surface area (Å²) >= 11 is 17.7. The van der Waals surface area contributed by atoms with Crippen LogP contribution in [0.15, 0.2) is 30.6 Å². The normalized spacial score (nSPS) is 11.1. The van der Waals surface area contributed by atoms with Crippen LogP contribution in [0.4, 0.5) is 0 Å². The minimum atomic E-state index is 0.390. The fourth-order valence-electron chi connectivity index (χ4n) is 1.77. The molecule has 96 valence electrons. The van der Waals surface area contributed by atoms with Crippen molar-refractivity contribution >= 4 is 40.4 Å². The Hall–Kier alpha value is -1.36. The standard InChI is InChI=1S/C12H7Cl3N4/c13-8-2-1-7(3-9(8)14)4-11-17-18-12-5-10(15)16-6-19(11)12/h1-3,5-6H,4H2. The first-order chi connectivity index (χ1) is 9.13. The minimum Gasteiger partial charge on any atom is -0.269 e. The van der Waals surface area contributed by atoms with Crippen LogP contribution in [0.5, 0.6) is 0 Å². The molecule has 0 saturated heterocycles. The van der Waals surface area contributed by atoms with Crippen LogP contribution in [0.3, 0.4) is 0 Å². The van der Waals surface area contributed by atoms with E-state index in [0.717, 1.165) is 11.4 Å². The zero-order valence-electron chi connectivity index (χ0n) is 9.52. The number of nitrogens with zero attached hydrogens (tertiary/aromatic N) is 4. The van der Waals surface area contributed by atoms with Gasteiger partial charge in [0.2, 0.25) is 0 Å². The second kappa shape index (κ2) is 4.96. The largest absolute Gasteiger partial charge is 0.269 e. The van der Waals surface area contributed by atoms with Crippen molar-refractivity contribution in [2.45, 2.75) is 6.42 Å². The predicted octanol–water partition coefficient (Wildman–Crippen LogP) is 3.68. The third-order valence-electron chi connectivity index (χ3n) is 2.68. The first kappa shape index (κ1) is 12.7. The maximum atomic E-state index is 5.99. The lowest BCUT2D eigenvalue weighted by molar-refractivity contribution is 0.919. The van der Waals surface area contributed by atoms with E-state index in [-0.39, 0.29) is 0 Å². The number of hydrogen-bond acceptors (Lipinski definition) is 3. The van der Waals surface area contributed by atoms with Gasteiger partial charge in [-0.3, -0.25) is 4.40 Å². The fraction of sp³-hybridized carbons (Fsp3) is 0.0833. The molecule has 3 rings (SSSR count). The molecular formula is C12H7Cl3N4. The zero-order valence-corrected chi connectivity index (χ0v) is 11.8. The van der Waals surface area contributed by atoms with Crippen molar-refractivity contribution in [3.63, 3.8) is 0 Å². The molecule has 2 aromatic heterocycles. The van der Waals surface area contributed by atoms with Gasteiger partial charge in [-0.15, -0.1) is 10.2 Å². The van der Waals surface area contributed by atoms with E-state index in [1.165, 1.54) is 0 Å². The molecule has 0 N–H and O–H groups in total. The molecule has 0 radical (unpaired) electrons. The monoisotopic (exact) mass is 312 g/mol. The van der Waals surface area contributed by atoms with Crippen LogP contribution in [0.2, 0.25) is 15.2 Å². The van der Waals surface area contributed by atoms with E-state index in [9.17, 15) is 0 Å². The van der Waals surface area contributed by atoms with Crippen LogP contribution in [0, 0.1) is 0 Å². The first-order valence-electron chi connectivity index (χ1n) is 5.42. The molecule has 2 heterocycles. The van der Waals surface area contributed by atoms with E-state index in [2.05, 4.69) is 15.2 Å². The Morgan fingerprint density at radius 3 is 2.63 bits per heavy atom. The van der Waals surface area contributed by atoms with E-state index in [0.29, 0.717) is 27.3 Å². The quantitative estimate of drug-likeness (QED) is 0.678. The molecule has 0 saturated carbocycles. The summed E-state index contributed by atoms with van der Waals surface area (Å²) in [6, 6.07) is 7.14. The Morgan fingerprint density at radius 1 is 1.00 bits per heavy atom. The highest BCUT2D eigenvalue weighted by atomic mass is 35.5. The third-order valence-corrected chi connectivity index (χ3v) is 3.63. The topological polar surface area (TPSA) is 43.1 Å². The number of hydrogen-bond donors (Lipinski definition) is 0. The lowest BCUT2D eigenvalue weighted by atomic mass is 10.1. The number of aromatic nitrogens is 4. The van der Waals surface area contributed by atoms with Gasteiger partial charge in [-0.25, -0.2) is 4.98 Å². The summed E-state index contributed by atoms with van der Waals surface area (Å²) in [6.07, 6.45) is 2.19. The summed E-state index contributed by atoms with van der Waals surface area (Å²) in [7, 11) is 0. The van der Waals surface area contributed by atoms with Crippen LogP contribution in [0.1, 0.15) is 11.4 Å². The van der Waals surface area contributed by atoms with E-state index >= 15 is 0 Å². The van der Waals surface area contributed by atoms with Crippen molar-refractivity contribution in [2.24, 2.45) is 0 Å². The highest BCUT2D eigenvalue weighted by molar-refractivity contribution is 6.42. The van der Waals surface area contributed by atoms with Crippen molar-refractivity contribution in [2.75, 3.05) is 0 Å². The molecule has 0 amide bonds. The lowest BCUT2D eigenvalue weighted by Crippen LogP contribution is -1.97. The Kier molecular flexibility index (Phi) is 3.31. The van der Waals surface area contributed by atoms with Crippen molar-refractivity contribution in [3.8, 4) is 0 Å². The van der Waals surface area contributed by atoms with E-state index in [1.54, 1.807) is 22.9 Å². The van der Waals surface area contributed by atoms with Gasteiger partial charge < -0.3 is 0 Å². The Bertz CT molecular complexity index is 754. The van der Waals surface area contributed by atoms with Crippen LogP contribution < -0.4 is 0 Å². The molecule has 4 nitrogen and oxygen atoms in total. The molecule has 0 bridgehead atoms. The molecule has 7 heteroatoms. The average Bonchev–Trinajstić information content (AvgIpc) is 2.76. The van der Waals surface area contributed by atoms with E-state index in [1.807, 2.05) is 12.1 Å². The summed E-state index contributed by atoms with van der Waals surface area (Å²) in [5.74, 6) is 0.762. The highest BCUT2D eigenvalue weighted by Crippen LogP contribution is 2.23. The summed E-state index contributed by atoms with van der Waals surface area (Å²) in [5.41, 5.74) is 1.66. The van der Waals surface area contributed by atoms with Gasteiger partial charge in [-0.05, 0) is 17.7 Å². The van der Waals surface area contributed by atoms with Crippen molar-refractivity contribution in [1.82, 2.24) is 19.6 Å². The molecule has 0 aliphatic heterocycles. The minimum absolute atomic E-state index is 0.390. The van der Waals surface area contributed by atoms with Crippen molar-refractivity contribution < 1.29 is 0 Å². The number of fused-ring (bicyclic) bond motifs is 1. The Labute approximate surface area is 124 Å². The SMILES string of the molecule is Clc1cc2nnc(Cc3ccc(Cl)c(Cl)c3)n2cn1. The highest BCUT2D eigenvalue weighted by Gasteiger charge is 2.08. The molecule has 0 atom stereocenters. The van der Waals surface area contributed by atoms with Crippen molar-refractivity contribution in [1.29, 1.82) is 0 Å². The van der Waals surface area contributed by atoms with Gasteiger partial charge in [-0.2, -0.15) is 0 Å². The van der Waals surface area contributed by atoms with Crippen LogP contribution in [-0.4, -0.2) is 19.6 Å². The second-order valence-corrected chi connectivity index (χ2v) is 5.18. The van der Waals surface area contributed by atoms with Gasteiger partial charge in [0.15, 0.2) is 5.65 Å². The van der Waals surface area contributed by atoms with Crippen molar-refractivity contribution in [3.05, 3.63) is 57.2 Å². The Morgan fingerprint density at radius 2 is 1.84 bits per heavy atom. The van der Waals surface area contributed by atoms with Crippen LogP contribution >= 0.6 is 34.8 Å². The van der Waals surface area contributed by atoms with Gasteiger partial charge in [0, 0.05) is 12.5 Å². The number of benzene rings is 1.